The minimum absolute atomic E-state index is 0.0914. The summed E-state index contributed by atoms with van der Waals surface area (Å²) < 4.78 is 7.39. The van der Waals surface area contributed by atoms with Gasteiger partial charge in [0.15, 0.2) is 6.10 Å². The van der Waals surface area contributed by atoms with Gasteiger partial charge in [-0.2, -0.15) is 0 Å². The topological polar surface area (TPSA) is 76.5 Å². The van der Waals surface area contributed by atoms with Crippen LogP contribution in [0, 0.1) is 0 Å². The van der Waals surface area contributed by atoms with Gasteiger partial charge in [0.25, 0.3) is 11.8 Å². The van der Waals surface area contributed by atoms with Crippen molar-refractivity contribution in [3.05, 3.63) is 18.2 Å². The van der Waals surface area contributed by atoms with Gasteiger partial charge in [-0.05, 0) is 19.8 Å². The van der Waals surface area contributed by atoms with Crippen molar-refractivity contribution in [2.75, 3.05) is 19.7 Å². The number of nitrogens with zero attached hydrogens (tertiary/aromatic N) is 3. The molecule has 0 radical (unpaired) electrons. The summed E-state index contributed by atoms with van der Waals surface area (Å²) in [7, 11) is 0. The molecule has 2 aliphatic rings. The number of carbonyl (C=O) groups is 2. The number of imidazole rings is 1. The summed E-state index contributed by atoms with van der Waals surface area (Å²) >= 11 is 0. The number of carbonyl (C=O) groups excluding carboxylic acids is 2. The summed E-state index contributed by atoms with van der Waals surface area (Å²) in [4.78, 5) is 30.7. The highest BCUT2D eigenvalue weighted by atomic mass is 16.5. The molecule has 0 unspecified atom stereocenters. The zero-order valence-electron chi connectivity index (χ0n) is 13.5. The quantitative estimate of drug-likeness (QED) is 0.890. The van der Waals surface area contributed by atoms with Gasteiger partial charge in [-0.3, -0.25) is 9.59 Å². The molecule has 1 atom stereocenters. The molecule has 7 heteroatoms. The lowest BCUT2D eigenvalue weighted by atomic mass is 10.2. The first-order chi connectivity index (χ1) is 11.2. The van der Waals surface area contributed by atoms with Crippen molar-refractivity contribution in [2.45, 2.75) is 51.3 Å². The molecule has 2 heterocycles. The van der Waals surface area contributed by atoms with E-state index in [0.29, 0.717) is 31.9 Å². The Morgan fingerprint density at radius 1 is 1.39 bits per heavy atom. The van der Waals surface area contributed by atoms with Crippen LogP contribution in [0.25, 0.3) is 0 Å². The third-order valence-corrected chi connectivity index (χ3v) is 4.62. The fraction of sp³-hybridized carbons (Fsp3) is 0.688. The highest BCUT2D eigenvalue weighted by Crippen LogP contribution is 2.18. The van der Waals surface area contributed by atoms with Crippen molar-refractivity contribution >= 4 is 11.8 Å². The van der Waals surface area contributed by atoms with Crippen LogP contribution >= 0.6 is 0 Å². The fourth-order valence-electron chi connectivity index (χ4n) is 3.27. The van der Waals surface area contributed by atoms with E-state index in [0.717, 1.165) is 12.8 Å². The van der Waals surface area contributed by atoms with Crippen LogP contribution in [0.5, 0.6) is 0 Å². The molecule has 0 spiro atoms. The van der Waals surface area contributed by atoms with Crippen LogP contribution in [0.2, 0.25) is 0 Å². The van der Waals surface area contributed by atoms with Crippen LogP contribution in [0.3, 0.4) is 0 Å². The molecular formula is C16H24N4O3. The molecule has 1 aromatic rings. The van der Waals surface area contributed by atoms with Crippen LogP contribution in [-0.4, -0.2) is 58.1 Å². The Balaban J connectivity index is 1.61. The first-order valence-corrected chi connectivity index (χ1v) is 8.40. The summed E-state index contributed by atoms with van der Waals surface area (Å²) in [5, 5.41) is 3.05. The van der Waals surface area contributed by atoms with Crippen molar-refractivity contribution in [3.63, 3.8) is 0 Å². The second kappa shape index (κ2) is 7.12. The number of hydrogen-bond acceptors (Lipinski definition) is 4. The van der Waals surface area contributed by atoms with Gasteiger partial charge in [0, 0.05) is 19.1 Å². The zero-order valence-corrected chi connectivity index (χ0v) is 13.5. The number of aromatic nitrogens is 2. The first-order valence-electron chi connectivity index (χ1n) is 8.40. The van der Waals surface area contributed by atoms with E-state index in [1.807, 2.05) is 11.5 Å². The molecule has 23 heavy (non-hydrogen) atoms. The van der Waals surface area contributed by atoms with Crippen LogP contribution in [-0.2, 0) is 16.1 Å². The van der Waals surface area contributed by atoms with Gasteiger partial charge < -0.3 is 19.5 Å². The Bertz CT molecular complexity index is 565. The normalized spacial score (nSPS) is 22.3. The number of aryl methyl sites for hydroxylation is 1. The summed E-state index contributed by atoms with van der Waals surface area (Å²) in [5.41, 5.74) is 0.560. The summed E-state index contributed by atoms with van der Waals surface area (Å²) in [6, 6.07) is 0.263. The smallest absolute Gasteiger partial charge is 0.272 e. The molecule has 3 rings (SSSR count). The fourth-order valence-corrected chi connectivity index (χ4v) is 3.27. The van der Waals surface area contributed by atoms with Crippen LogP contribution in [0.4, 0.5) is 0 Å². The van der Waals surface area contributed by atoms with Gasteiger partial charge in [-0.25, -0.2) is 4.98 Å². The van der Waals surface area contributed by atoms with E-state index in [4.69, 9.17) is 4.74 Å². The van der Waals surface area contributed by atoms with E-state index < -0.39 is 6.10 Å². The zero-order chi connectivity index (χ0) is 16.2. The Labute approximate surface area is 136 Å². The van der Waals surface area contributed by atoms with Crippen molar-refractivity contribution in [1.82, 2.24) is 19.8 Å². The summed E-state index contributed by atoms with van der Waals surface area (Å²) in [6.07, 6.45) is 7.07. The van der Waals surface area contributed by atoms with Gasteiger partial charge in [0.1, 0.15) is 5.69 Å². The lowest BCUT2D eigenvalue weighted by Crippen LogP contribution is -2.53. The first kappa shape index (κ1) is 16.0. The lowest BCUT2D eigenvalue weighted by Gasteiger charge is -2.32. The molecule has 7 nitrogen and oxygen atoms in total. The summed E-state index contributed by atoms with van der Waals surface area (Å²) in [6.45, 7) is 3.84. The Morgan fingerprint density at radius 3 is 2.91 bits per heavy atom. The van der Waals surface area contributed by atoms with Crippen molar-refractivity contribution < 1.29 is 14.3 Å². The molecule has 2 amide bonds. The number of nitrogens with one attached hydrogen (secondary N) is 1. The van der Waals surface area contributed by atoms with Gasteiger partial charge >= 0.3 is 0 Å². The predicted molar refractivity (Wildman–Crippen MR) is 83.9 cm³/mol. The molecule has 0 bridgehead atoms. The Morgan fingerprint density at radius 2 is 2.17 bits per heavy atom. The van der Waals surface area contributed by atoms with E-state index in [2.05, 4.69) is 10.3 Å². The highest BCUT2D eigenvalue weighted by molar-refractivity contribution is 5.93. The molecule has 1 aliphatic carbocycles. The van der Waals surface area contributed by atoms with Gasteiger partial charge in [0.05, 0.1) is 25.7 Å². The minimum Gasteiger partial charge on any atom is -0.365 e. The number of rotatable bonds is 4. The van der Waals surface area contributed by atoms with Crippen molar-refractivity contribution in [3.8, 4) is 0 Å². The maximum absolute atomic E-state index is 12.6. The van der Waals surface area contributed by atoms with Gasteiger partial charge in [-0.15, -0.1) is 0 Å². The molecule has 1 saturated heterocycles. The molecule has 1 N–H and O–H groups in total. The van der Waals surface area contributed by atoms with Gasteiger partial charge in [0.2, 0.25) is 0 Å². The SMILES string of the molecule is CCn1cncc1C(=O)N1CCO[C@H](C(=O)NC2CCCC2)C1. The Hall–Kier alpha value is -1.89. The standard InChI is InChI=1S/C16H24N4O3/c1-2-19-11-17-9-13(19)16(22)20-7-8-23-14(10-20)15(21)18-12-5-3-4-6-12/h9,11-12,14H,2-8,10H2,1H3,(H,18,21)/t14-/m0/s1. The average molecular weight is 320 g/mol. The van der Waals surface area contributed by atoms with Crippen LogP contribution in [0.1, 0.15) is 43.1 Å². The third-order valence-electron chi connectivity index (χ3n) is 4.62. The number of amides is 2. The molecular weight excluding hydrogens is 296 g/mol. The largest absolute Gasteiger partial charge is 0.365 e. The highest BCUT2D eigenvalue weighted by Gasteiger charge is 2.32. The average Bonchev–Trinajstić information content (AvgIpc) is 3.25. The van der Waals surface area contributed by atoms with Crippen molar-refractivity contribution in [2.24, 2.45) is 0 Å². The molecule has 1 saturated carbocycles. The third kappa shape index (κ3) is 3.55. The molecule has 0 aromatic carbocycles. The number of morpholine rings is 1. The van der Waals surface area contributed by atoms with Crippen LogP contribution < -0.4 is 5.32 Å². The summed E-state index contributed by atoms with van der Waals surface area (Å²) in [5.74, 6) is -0.190. The molecule has 126 valence electrons. The number of ether oxygens (including phenoxy) is 1. The molecule has 2 fully saturated rings. The van der Waals surface area contributed by atoms with E-state index in [-0.39, 0.29) is 17.9 Å². The second-order valence-electron chi connectivity index (χ2n) is 6.17. The number of hydrogen-bond donors (Lipinski definition) is 1. The maximum Gasteiger partial charge on any atom is 0.272 e. The molecule has 1 aromatic heterocycles. The van der Waals surface area contributed by atoms with Gasteiger partial charge in [-0.1, -0.05) is 12.8 Å². The van der Waals surface area contributed by atoms with Crippen molar-refractivity contribution in [1.29, 1.82) is 0 Å². The predicted octanol–water partition coefficient (Wildman–Crippen LogP) is 0.803. The monoisotopic (exact) mass is 320 g/mol. The van der Waals surface area contributed by atoms with E-state index in [9.17, 15) is 9.59 Å². The van der Waals surface area contributed by atoms with E-state index in [1.165, 1.54) is 12.8 Å². The van der Waals surface area contributed by atoms with E-state index >= 15 is 0 Å². The Kier molecular flexibility index (Phi) is 4.95. The van der Waals surface area contributed by atoms with Crippen LogP contribution in [0.15, 0.2) is 12.5 Å². The minimum atomic E-state index is -0.578. The maximum atomic E-state index is 12.6. The van der Waals surface area contributed by atoms with E-state index in [1.54, 1.807) is 17.4 Å². The lowest BCUT2D eigenvalue weighted by molar-refractivity contribution is -0.137. The molecule has 1 aliphatic heterocycles. The second-order valence-corrected chi connectivity index (χ2v) is 6.17.